The summed E-state index contributed by atoms with van der Waals surface area (Å²) in [6.45, 7) is -0.140. The number of rotatable bonds is 14. The Hall–Kier alpha value is -11.2. The number of halogens is 6. The minimum Gasteiger partial charge on any atom is -0.471 e. The SMILES string of the molecule is CNC(=O)c1c(-c2ccc(C(F)F)nc2)oc2cc(N(C)S(C)(=O)=O)c(-c3ccc4ncn5c6cccc(F)c6cc5c4n3)cc12.CNC(=O)c1c(-c2ccc(OCC(C)(F)F)nc2)oc2cc(N(C)S(C)(=O)=O)c(-c3ccc4ncn5c6cccc(F)c6cc5c4n3)cc12. The third-order valence-corrected chi connectivity index (χ3v) is 18.4. The number of nitrogens with one attached hydrogen (secondary N) is 2. The Kier molecular flexibility index (Phi) is 15.4. The predicted octanol–water partition coefficient (Wildman–Crippen LogP) is 12.8. The van der Waals surface area contributed by atoms with Crippen molar-refractivity contribution in [2.75, 3.05) is 55.9 Å². The molecular weight excluding hydrogens is 1280 g/mol. The highest BCUT2D eigenvalue weighted by atomic mass is 32.2. The second-order valence-electron chi connectivity index (χ2n) is 22.2. The van der Waals surface area contributed by atoms with Gasteiger partial charge in [0.2, 0.25) is 25.9 Å². The number of hydrogen-bond donors (Lipinski definition) is 2. The molecule has 95 heavy (non-hydrogen) atoms. The monoisotopic (exact) mass is 1330 g/mol. The molecule has 2 N–H and O–H groups in total. The van der Waals surface area contributed by atoms with Crippen LogP contribution in [0.5, 0.6) is 5.88 Å². The highest BCUT2D eigenvalue weighted by molar-refractivity contribution is 7.92. The fourth-order valence-corrected chi connectivity index (χ4v) is 12.2. The molecule has 0 unspecified atom stereocenters. The van der Waals surface area contributed by atoms with E-state index in [1.807, 2.05) is 0 Å². The quantitative estimate of drug-likeness (QED) is 0.0960. The Bertz CT molecular complexity index is 5740. The van der Waals surface area contributed by atoms with Crippen LogP contribution in [0.1, 0.15) is 39.8 Å². The number of aromatic nitrogens is 8. The highest BCUT2D eigenvalue weighted by Crippen LogP contribution is 2.44. The largest absolute Gasteiger partial charge is 0.471 e. The van der Waals surface area contributed by atoms with Crippen molar-refractivity contribution in [2.24, 2.45) is 0 Å². The minimum atomic E-state index is -3.80. The minimum absolute atomic E-state index is 0.0492. The molecule has 2 amide bonds. The first kappa shape index (κ1) is 62.6. The highest BCUT2D eigenvalue weighted by Gasteiger charge is 2.30. The number of ether oxygens (including phenoxy) is 1. The molecule has 0 fully saturated rings. The van der Waals surface area contributed by atoms with Gasteiger partial charge in [-0.1, -0.05) is 12.1 Å². The van der Waals surface area contributed by atoms with E-state index in [1.54, 1.807) is 94.3 Å². The number of carbonyl (C=O) groups excluding carboxylic acids is 2. The lowest BCUT2D eigenvalue weighted by atomic mass is 10.0. The number of carbonyl (C=O) groups is 2. The van der Waals surface area contributed by atoms with Gasteiger partial charge in [0, 0.05) is 110 Å². The maximum Gasteiger partial charge on any atom is 0.280 e. The van der Waals surface area contributed by atoms with Crippen LogP contribution in [-0.2, 0) is 20.0 Å². The van der Waals surface area contributed by atoms with Gasteiger partial charge in [0.05, 0.1) is 79.5 Å². The number of hydrogen-bond acceptors (Lipinski definition) is 15. The second-order valence-corrected chi connectivity index (χ2v) is 26.3. The molecule has 0 aliphatic rings. The van der Waals surface area contributed by atoms with E-state index in [9.17, 15) is 52.8 Å². The summed E-state index contributed by atoms with van der Waals surface area (Å²) < 4.78 is 157. The second kappa shape index (κ2) is 23.4. The Morgan fingerprint density at radius 3 is 1.43 bits per heavy atom. The number of benzene rings is 4. The third-order valence-electron chi connectivity index (χ3n) is 16.0. The van der Waals surface area contributed by atoms with Gasteiger partial charge in [0.1, 0.15) is 63.7 Å². The fourth-order valence-electron chi connectivity index (χ4n) is 11.2. The van der Waals surface area contributed by atoms with Gasteiger partial charge < -0.3 is 24.2 Å². The molecule has 29 heteroatoms. The van der Waals surface area contributed by atoms with E-state index in [2.05, 4.69) is 30.6 Å². The van der Waals surface area contributed by atoms with Crippen molar-refractivity contribution >= 4 is 120 Å². The van der Waals surface area contributed by atoms with Crippen molar-refractivity contribution in [2.45, 2.75) is 19.3 Å². The van der Waals surface area contributed by atoms with Gasteiger partial charge >= 0.3 is 0 Å². The Balaban J connectivity index is 0.000000172. The third kappa shape index (κ3) is 11.3. The summed E-state index contributed by atoms with van der Waals surface area (Å²) in [5.41, 5.74) is 6.85. The molecule has 10 heterocycles. The maximum absolute atomic E-state index is 14.7. The lowest BCUT2D eigenvalue weighted by molar-refractivity contribution is -0.0242. The summed E-state index contributed by atoms with van der Waals surface area (Å²) in [6, 6.07) is 31.2. The molecule has 0 saturated heterocycles. The lowest BCUT2D eigenvalue weighted by Gasteiger charge is -2.20. The zero-order valence-electron chi connectivity index (χ0n) is 50.9. The van der Waals surface area contributed by atoms with E-state index in [0.717, 1.165) is 34.1 Å². The number of pyridine rings is 4. The Morgan fingerprint density at radius 1 is 0.589 bits per heavy atom. The van der Waals surface area contributed by atoms with E-state index < -0.39 is 68.1 Å². The van der Waals surface area contributed by atoms with Crippen LogP contribution in [0.15, 0.2) is 155 Å². The normalized spacial score (nSPS) is 12.2. The number of sulfonamides is 2. The lowest BCUT2D eigenvalue weighted by Crippen LogP contribution is -2.25. The average molecular weight is 1330 g/mol. The molecule has 10 aromatic heterocycles. The predicted molar refractivity (Wildman–Crippen MR) is 347 cm³/mol. The number of furan rings is 2. The van der Waals surface area contributed by atoms with Crippen LogP contribution in [-0.4, -0.2) is 121 Å². The van der Waals surface area contributed by atoms with Crippen molar-refractivity contribution < 1.29 is 66.3 Å². The molecule has 0 bridgehead atoms. The van der Waals surface area contributed by atoms with Crippen LogP contribution < -0.4 is 24.0 Å². The molecule has 0 saturated carbocycles. The van der Waals surface area contributed by atoms with Crippen molar-refractivity contribution in [3.8, 4) is 51.0 Å². The smallest absolute Gasteiger partial charge is 0.280 e. The van der Waals surface area contributed by atoms with Crippen molar-refractivity contribution in [1.82, 2.24) is 49.3 Å². The van der Waals surface area contributed by atoms with E-state index in [0.29, 0.717) is 93.8 Å². The van der Waals surface area contributed by atoms with E-state index in [4.69, 9.17) is 23.5 Å². The fraction of sp³-hybridized carbons (Fsp3) is 0.152. The van der Waals surface area contributed by atoms with E-state index in [-0.39, 0.29) is 56.6 Å². The Morgan fingerprint density at radius 2 is 1.04 bits per heavy atom. The van der Waals surface area contributed by atoms with Crippen LogP contribution in [0, 0.1) is 11.6 Å². The van der Waals surface area contributed by atoms with Crippen LogP contribution in [0.3, 0.4) is 0 Å². The molecule has 0 aliphatic heterocycles. The number of fused-ring (bicyclic) bond motifs is 12. The van der Waals surface area contributed by atoms with E-state index in [1.165, 1.54) is 83.0 Å². The molecule has 0 atom stereocenters. The first-order chi connectivity index (χ1) is 45.2. The van der Waals surface area contributed by atoms with Gasteiger partial charge in [0.15, 0.2) is 6.61 Å². The molecule has 482 valence electrons. The molecular formula is C66H50F6N12O9S2. The summed E-state index contributed by atoms with van der Waals surface area (Å²) >= 11 is 0. The molecule has 14 rings (SSSR count). The maximum atomic E-state index is 14.7. The first-order valence-electron chi connectivity index (χ1n) is 28.6. The molecule has 4 aromatic carbocycles. The summed E-state index contributed by atoms with van der Waals surface area (Å²) in [7, 11) is -1.96. The number of alkyl halides is 4. The van der Waals surface area contributed by atoms with Crippen LogP contribution in [0.4, 0.5) is 37.7 Å². The molecule has 21 nitrogen and oxygen atoms in total. The van der Waals surface area contributed by atoms with Crippen molar-refractivity contribution in [1.29, 1.82) is 0 Å². The van der Waals surface area contributed by atoms with Crippen LogP contribution in [0.25, 0.3) is 122 Å². The molecule has 0 spiro atoms. The zero-order valence-corrected chi connectivity index (χ0v) is 52.5. The number of nitrogens with zero attached hydrogens (tertiary/aromatic N) is 10. The summed E-state index contributed by atoms with van der Waals surface area (Å²) in [5, 5.41) is 6.63. The number of amides is 2. The van der Waals surface area contributed by atoms with Gasteiger partial charge in [-0.3, -0.25) is 32.0 Å². The van der Waals surface area contributed by atoms with Gasteiger partial charge in [-0.15, -0.1) is 0 Å². The summed E-state index contributed by atoms with van der Waals surface area (Å²) in [5.74, 6) is -4.76. The van der Waals surface area contributed by atoms with Gasteiger partial charge in [-0.2, -0.15) is 0 Å². The summed E-state index contributed by atoms with van der Waals surface area (Å²) in [4.78, 5) is 53.3. The molecule has 14 aromatic rings. The van der Waals surface area contributed by atoms with Crippen molar-refractivity contribution in [3.05, 3.63) is 175 Å². The summed E-state index contributed by atoms with van der Waals surface area (Å²) in [6.07, 6.45) is 4.99. The van der Waals surface area contributed by atoms with Crippen LogP contribution in [0.2, 0.25) is 0 Å². The van der Waals surface area contributed by atoms with E-state index >= 15 is 0 Å². The molecule has 0 aliphatic carbocycles. The standard InChI is InChI=1S/C34H27F3N6O5S.C32H23F3N6O4S/c1-34(36,37)16-47-29-11-8-18(15-39-29)32-30(33(44)38-2)21-12-20(26(14-28(21)48-32)42(3)49(4,45)46)23-9-10-24-31(41-23)27-13-19-22(35)6-5-7-25(19)43(27)17-40-24;1-36-32(42)28-19-11-18(21-9-10-22-29(39-21)26-12-17-20(33)5-4-6-24(17)41(26)15-38-22)25(40(2)46(3,43)44)13-27(19)45-30(28)16-7-8-23(31(34)35)37-14-16/h5-15,17H,16H2,1-4H3,(H,38,44);4-15,31H,1-3H3,(H,36,42). The van der Waals surface area contributed by atoms with Gasteiger partial charge in [-0.05, 0) is 91.0 Å². The number of anilines is 2. The zero-order chi connectivity index (χ0) is 67.3. The molecule has 0 radical (unpaired) electrons. The van der Waals surface area contributed by atoms with Gasteiger partial charge in [-0.25, -0.2) is 68.1 Å². The average Bonchev–Trinajstić information content (AvgIpc) is 1.67. The first-order valence-corrected chi connectivity index (χ1v) is 32.3. The van der Waals surface area contributed by atoms with Crippen molar-refractivity contribution in [3.63, 3.8) is 0 Å². The van der Waals surface area contributed by atoms with Gasteiger partial charge in [0.25, 0.3) is 24.2 Å². The topological polar surface area (TPSA) is 255 Å². The van der Waals surface area contributed by atoms with Crippen LogP contribution >= 0.6 is 0 Å². The Labute approximate surface area is 534 Å².